The van der Waals surface area contributed by atoms with E-state index in [9.17, 15) is 0 Å². The van der Waals surface area contributed by atoms with Crippen molar-refractivity contribution in [3.63, 3.8) is 0 Å². The molecule has 2 N–H and O–H groups in total. The van der Waals surface area contributed by atoms with E-state index in [-0.39, 0.29) is 24.0 Å². The van der Waals surface area contributed by atoms with Gasteiger partial charge in [0.05, 0.1) is 0 Å². The quantitative estimate of drug-likeness (QED) is 0.299. The third kappa shape index (κ3) is 5.01. The highest BCUT2D eigenvalue weighted by Gasteiger charge is 2.40. The van der Waals surface area contributed by atoms with Gasteiger partial charge in [-0.05, 0) is 25.7 Å². The number of nitrogens with one attached hydrogen (secondary N) is 2. The lowest BCUT2D eigenvalue weighted by molar-refractivity contribution is 0.107. The fourth-order valence-corrected chi connectivity index (χ4v) is 4.95. The van der Waals surface area contributed by atoms with E-state index in [0.29, 0.717) is 11.6 Å². The highest BCUT2D eigenvalue weighted by Crippen LogP contribution is 2.36. The molecule has 6 heteroatoms. The van der Waals surface area contributed by atoms with Crippen LogP contribution in [0.4, 0.5) is 0 Å². The summed E-state index contributed by atoms with van der Waals surface area (Å²) in [5.41, 5.74) is 0.368. The summed E-state index contributed by atoms with van der Waals surface area (Å²) in [5.74, 6) is 3.57. The zero-order valence-corrected chi connectivity index (χ0v) is 17.4. The monoisotopic (exact) mass is 450 g/mol. The maximum absolute atomic E-state index is 4.43. The van der Waals surface area contributed by atoms with Crippen molar-refractivity contribution in [2.24, 2.45) is 4.99 Å². The van der Waals surface area contributed by atoms with E-state index < -0.39 is 0 Å². The molecule has 0 amide bonds. The Labute approximate surface area is 162 Å². The number of hydrogen-bond donors (Lipinski definition) is 2. The van der Waals surface area contributed by atoms with E-state index in [1.807, 2.05) is 7.05 Å². The summed E-state index contributed by atoms with van der Waals surface area (Å²) in [4.78, 5) is 7.19. The Hall–Kier alpha value is 0.0500. The van der Waals surface area contributed by atoms with Crippen LogP contribution in [0.25, 0.3) is 0 Å². The van der Waals surface area contributed by atoms with Gasteiger partial charge in [0.15, 0.2) is 5.96 Å². The van der Waals surface area contributed by atoms with E-state index in [4.69, 9.17) is 0 Å². The zero-order chi connectivity index (χ0) is 15.3. The molecule has 0 aromatic carbocycles. The SMILES string of the molecule is CN=C(NCC1(N2CCSCC2)CCCC1)NC1CC=CC1.I. The Morgan fingerprint density at radius 2 is 1.87 bits per heavy atom. The number of guanidine groups is 1. The molecular weight excluding hydrogens is 419 g/mol. The molecule has 0 aromatic rings. The Kier molecular flexibility index (Phi) is 8.01. The van der Waals surface area contributed by atoms with Gasteiger partial charge in [0.25, 0.3) is 0 Å². The molecular formula is C17H31IN4S. The van der Waals surface area contributed by atoms with E-state index in [1.54, 1.807) is 0 Å². The Morgan fingerprint density at radius 1 is 1.22 bits per heavy atom. The molecule has 2 fully saturated rings. The van der Waals surface area contributed by atoms with Gasteiger partial charge in [-0.25, -0.2) is 0 Å². The fraction of sp³-hybridized carbons (Fsp3) is 0.824. The van der Waals surface area contributed by atoms with E-state index in [1.165, 1.54) is 50.3 Å². The second kappa shape index (κ2) is 9.51. The molecule has 3 rings (SSSR count). The molecule has 4 nitrogen and oxygen atoms in total. The van der Waals surface area contributed by atoms with Gasteiger partial charge in [-0.15, -0.1) is 24.0 Å². The summed E-state index contributed by atoms with van der Waals surface area (Å²) in [6, 6.07) is 0.525. The molecule has 0 radical (unpaired) electrons. The van der Waals surface area contributed by atoms with Gasteiger partial charge in [0.2, 0.25) is 0 Å². The molecule has 3 aliphatic rings. The van der Waals surface area contributed by atoms with Crippen molar-refractivity contribution in [2.45, 2.75) is 50.1 Å². The van der Waals surface area contributed by atoms with Crippen LogP contribution >= 0.6 is 35.7 Å². The van der Waals surface area contributed by atoms with Crippen molar-refractivity contribution in [3.05, 3.63) is 12.2 Å². The summed E-state index contributed by atoms with van der Waals surface area (Å²) < 4.78 is 0. The van der Waals surface area contributed by atoms with Crippen LogP contribution in [-0.4, -0.2) is 60.6 Å². The molecule has 1 heterocycles. The minimum atomic E-state index is 0. The number of thioether (sulfide) groups is 1. The van der Waals surface area contributed by atoms with Gasteiger partial charge in [-0.2, -0.15) is 11.8 Å². The number of aliphatic imine (C=N–C) groups is 1. The first-order chi connectivity index (χ1) is 10.8. The molecule has 2 aliphatic carbocycles. The van der Waals surface area contributed by atoms with Gasteiger partial charge in [0, 0.05) is 49.8 Å². The largest absolute Gasteiger partial charge is 0.355 e. The summed E-state index contributed by atoms with van der Waals surface area (Å²) in [5, 5.41) is 7.20. The second-order valence-corrected chi connectivity index (χ2v) is 7.97. The molecule has 0 atom stereocenters. The lowest BCUT2D eigenvalue weighted by Gasteiger charge is -2.43. The molecule has 23 heavy (non-hydrogen) atoms. The predicted molar refractivity (Wildman–Crippen MR) is 112 cm³/mol. The zero-order valence-electron chi connectivity index (χ0n) is 14.2. The third-order valence-electron chi connectivity index (χ3n) is 5.37. The van der Waals surface area contributed by atoms with Crippen LogP contribution in [0.1, 0.15) is 38.5 Å². The predicted octanol–water partition coefficient (Wildman–Crippen LogP) is 2.85. The molecule has 132 valence electrons. The highest BCUT2D eigenvalue weighted by atomic mass is 127. The molecule has 1 aliphatic heterocycles. The summed E-state index contributed by atoms with van der Waals surface area (Å²) in [6.45, 7) is 3.55. The van der Waals surface area contributed by atoms with Crippen molar-refractivity contribution in [1.82, 2.24) is 15.5 Å². The maximum Gasteiger partial charge on any atom is 0.191 e. The lowest BCUT2D eigenvalue weighted by Crippen LogP contribution is -2.58. The minimum Gasteiger partial charge on any atom is -0.355 e. The highest BCUT2D eigenvalue weighted by molar-refractivity contribution is 14.0. The van der Waals surface area contributed by atoms with Crippen LogP contribution in [0, 0.1) is 0 Å². The van der Waals surface area contributed by atoms with E-state index in [2.05, 4.69) is 44.4 Å². The topological polar surface area (TPSA) is 39.7 Å². The summed E-state index contributed by atoms with van der Waals surface area (Å²) in [7, 11) is 1.89. The van der Waals surface area contributed by atoms with Crippen LogP contribution < -0.4 is 10.6 Å². The van der Waals surface area contributed by atoms with Crippen molar-refractivity contribution in [1.29, 1.82) is 0 Å². The van der Waals surface area contributed by atoms with Crippen molar-refractivity contribution >= 4 is 41.7 Å². The molecule has 0 unspecified atom stereocenters. The van der Waals surface area contributed by atoms with E-state index in [0.717, 1.165) is 25.3 Å². The van der Waals surface area contributed by atoms with E-state index >= 15 is 0 Å². The average Bonchev–Trinajstić information content (AvgIpc) is 3.25. The first-order valence-electron chi connectivity index (χ1n) is 8.77. The third-order valence-corrected chi connectivity index (χ3v) is 6.32. The normalized spacial score (nSPS) is 25.3. The van der Waals surface area contributed by atoms with Crippen LogP contribution in [0.3, 0.4) is 0 Å². The molecule has 0 spiro atoms. The molecule has 0 bridgehead atoms. The Balaban J connectivity index is 0.00000192. The van der Waals surface area contributed by atoms with Gasteiger partial charge in [0.1, 0.15) is 0 Å². The number of halogens is 1. The van der Waals surface area contributed by atoms with Gasteiger partial charge < -0.3 is 10.6 Å². The first kappa shape index (κ1) is 19.4. The Morgan fingerprint density at radius 3 is 2.48 bits per heavy atom. The van der Waals surface area contributed by atoms with Crippen molar-refractivity contribution in [2.75, 3.05) is 38.2 Å². The fourth-order valence-electron chi connectivity index (χ4n) is 4.05. The Bertz CT molecular complexity index is 407. The van der Waals surface area contributed by atoms with Crippen LogP contribution in [0.5, 0.6) is 0 Å². The standard InChI is InChI=1S/C17H30N4S.HI/c1-18-16(20-15-6-2-3-7-15)19-14-17(8-4-5-9-17)21-10-12-22-13-11-21;/h2-3,15H,4-14H2,1H3,(H2,18,19,20);1H. The number of rotatable bonds is 4. The molecule has 1 saturated heterocycles. The van der Waals surface area contributed by atoms with Crippen LogP contribution in [0.15, 0.2) is 17.1 Å². The first-order valence-corrected chi connectivity index (χ1v) is 9.93. The summed E-state index contributed by atoms with van der Waals surface area (Å²) >= 11 is 2.10. The smallest absolute Gasteiger partial charge is 0.191 e. The van der Waals surface area contributed by atoms with Crippen LogP contribution in [0.2, 0.25) is 0 Å². The van der Waals surface area contributed by atoms with Gasteiger partial charge in [-0.3, -0.25) is 9.89 Å². The molecule has 0 aromatic heterocycles. The molecule has 1 saturated carbocycles. The number of nitrogens with zero attached hydrogens (tertiary/aromatic N) is 2. The lowest BCUT2D eigenvalue weighted by atomic mass is 9.94. The summed E-state index contributed by atoms with van der Waals surface area (Å²) in [6.07, 6.45) is 12.2. The van der Waals surface area contributed by atoms with Gasteiger partial charge in [-0.1, -0.05) is 25.0 Å². The number of hydrogen-bond acceptors (Lipinski definition) is 3. The average molecular weight is 450 g/mol. The maximum atomic E-state index is 4.43. The second-order valence-electron chi connectivity index (χ2n) is 6.74. The minimum absolute atomic E-state index is 0. The van der Waals surface area contributed by atoms with Crippen molar-refractivity contribution in [3.8, 4) is 0 Å². The van der Waals surface area contributed by atoms with Crippen LogP contribution in [-0.2, 0) is 0 Å². The van der Waals surface area contributed by atoms with Crippen molar-refractivity contribution < 1.29 is 0 Å². The van der Waals surface area contributed by atoms with Gasteiger partial charge >= 0.3 is 0 Å².